The largest absolute Gasteiger partial charge is 0.295 e. The van der Waals surface area contributed by atoms with E-state index in [0.717, 1.165) is 13.1 Å². The van der Waals surface area contributed by atoms with Crippen LogP contribution in [0.4, 0.5) is 0 Å². The highest BCUT2D eigenvalue weighted by Gasteiger charge is 2.20. The Balaban J connectivity index is 2.01. The second-order valence-corrected chi connectivity index (χ2v) is 6.62. The molecule has 1 saturated heterocycles. The fourth-order valence-corrected chi connectivity index (χ4v) is 3.37. The standard InChI is InChI=1S/C13H20N2O2S/c1-12(13-6-3-2-4-7-13)15-9-5-11-18(16,17)14-8-10-15/h2-4,6-7,12,14H,5,8-11H2,1H3. The van der Waals surface area contributed by atoms with Crippen molar-refractivity contribution in [3.05, 3.63) is 35.9 Å². The lowest BCUT2D eigenvalue weighted by Crippen LogP contribution is -2.41. The Bertz CT molecular complexity index is 457. The van der Waals surface area contributed by atoms with Crippen molar-refractivity contribution in [3.8, 4) is 0 Å². The summed E-state index contributed by atoms with van der Waals surface area (Å²) >= 11 is 0. The lowest BCUT2D eigenvalue weighted by molar-refractivity contribution is 0.212. The van der Waals surface area contributed by atoms with Gasteiger partial charge in [-0.25, -0.2) is 13.1 Å². The van der Waals surface area contributed by atoms with E-state index in [1.807, 2.05) is 18.2 Å². The smallest absolute Gasteiger partial charge is 0.211 e. The van der Waals surface area contributed by atoms with Crippen LogP contribution in [0.1, 0.15) is 24.9 Å². The van der Waals surface area contributed by atoms with Crippen molar-refractivity contribution in [2.75, 3.05) is 25.4 Å². The Kier molecular flexibility index (Phi) is 4.37. The first-order valence-electron chi connectivity index (χ1n) is 6.35. The van der Waals surface area contributed by atoms with Crippen molar-refractivity contribution >= 4 is 10.0 Å². The zero-order chi connectivity index (χ0) is 13.0. The van der Waals surface area contributed by atoms with E-state index in [9.17, 15) is 8.42 Å². The van der Waals surface area contributed by atoms with E-state index in [1.54, 1.807) is 0 Å². The maximum Gasteiger partial charge on any atom is 0.211 e. The van der Waals surface area contributed by atoms with E-state index in [4.69, 9.17) is 0 Å². The lowest BCUT2D eigenvalue weighted by atomic mass is 10.1. The fourth-order valence-electron chi connectivity index (χ4n) is 2.32. The van der Waals surface area contributed by atoms with E-state index in [2.05, 4.69) is 28.7 Å². The van der Waals surface area contributed by atoms with Gasteiger partial charge < -0.3 is 0 Å². The van der Waals surface area contributed by atoms with Crippen LogP contribution in [-0.4, -0.2) is 38.7 Å². The van der Waals surface area contributed by atoms with Crippen LogP contribution in [-0.2, 0) is 10.0 Å². The molecular weight excluding hydrogens is 248 g/mol. The molecule has 0 amide bonds. The maximum absolute atomic E-state index is 11.4. The van der Waals surface area contributed by atoms with Crippen molar-refractivity contribution in [2.24, 2.45) is 0 Å². The lowest BCUT2D eigenvalue weighted by Gasteiger charge is -2.31. The summed E-state index contributed by atoms with van der Waals surface area (Å²) in [5.74, 6) is 0.227. The first-order chi connectivity index (χ1) is 8.58. The van der Waals surface area contributed by atoms with Crippen LogP contribution in [0, 0.1) is 0 Å². The second kappa shape index (κ2) is 5.82. The second-order valence-electron chi connectivity index (χ2n) is 4.69. The number of hydrogen-bond donors (Lipinski definition) is 1. The van der Waals surface area contributed by atoms with E-state index in [1.165, 1.54) is 5.56 Å². The molecular formula is C13H20N2O2S. The monoisotopic (exact) mass is 268 g/mol. The number of benzene rings is 1. The van der Waals surface area contributed by atoms with Gasteiger partial charge in [0.25, 0.3) is 0 Å². The van der Waals surface area contributed by atoms with Gasteiger partial charge in [-0.2, -0.15) is 0 Å². The molecule has 2 rings (SSSR count). The van der Waals surface area contributed by atoms with Gasteiger partial charge in [-0.3, -0.25) is 4.90 Å². The van der Waals surface area contributed by atoms with E-state index in [0.29, 0.717) is 19.0 Å². The van der Waals surface area contributed by atoms with Crippen LogP contribution in [0.25, 0.3) is 0 Å². The summed E-state index contributed by atoms with van der Waals surface area (Å²) < 4.78 is 25.5. The third-order valence-corrected chi connectivity index (χ3v) is 4.88. The molecule has 5 heteroatoms. The predicted octanol–water partition coefficient (Wildman–Crippen LogP) is 1.37. The van der Waals surface area contributed by atoms with E-state index < -0.39 is 10.0 Å². The van der Waals surface area contributed by atoms with Crippen LogP contribution in [0.2, 0.25) is 0 Å². The van der Waals surface area contributed by atoms with Crippen molar-refractivity contribution in [3.63, 3.8) is 0 Å². The number of nitrogens with zero attached hydrogens (tertiary/aromatic N) is 1. The minimum Gasteiger partial charge on any atom is -0.295 e. The summed E-state index contributed by atoms with van der Waals surface area (Å²) in [7, 11) is -3.03. The minimum atomic E-state index is -3.03. The number of hydrogen-bond acceptors (Lipinski definition) is 3. The van der Waals surface area contributed by atoms with Gasteiger partial charge in [0.2, 0.25) is 10.0 Å². The Morgan fingerprint density at radius 3 is 2.67 bits per heavy atom. The molecule has 0 aromatic heterocycles. The molecule has 1 atom stereocenters. The molecule has 4 nitrogen and oxygen atoms in total. The van der Waals surface area contributed by atoms with Crippen molar-refractivity contribution < 1.29 is 8.42 Å². The van der Waals surface area contributed by atoms with Crippen LogP contribution in [0.3, 0.4) is 0 Å². The fraction of sp³-hybridized carbons (Fsp3) is 0.538. The van der Waals surface area contributed by atoms with Gasteiger partial charge in [0.15, 0.2) is 0 Å². The quantitative estimate of drug-likeness (QED) is 0.881. The van der Waals surface area contributed by atoms with Gasteiger partial charge in [0, 0.05) is 19.1 Å². The maximum atomic E-state index is 11.4. The van der Waals surface area contributed by atoms with Crippen LogP contribution in [0.5, 0.6) is 0 Å². The molecule has 1 fully saturated rings. The zero-order valence-electron chi connectivity index (χ0n) is 10.7. The Morgan fingerprint density at radius 1 is 1.22 bits per heavy atom. The molecule has 0 saturated carbocycles. The van der Waals surface area contributed by atoms with Gasteiger partial charge in [-0.05, 0) is 25.5 Å². The molecule has 18 heavy (non-hydrogen) atoms. The molecule has 0 bridgehead atoms. The molecule has 0 radical (unpaired) electrons. The normalized spacial score (nSPS) is 22.9. The van der Waals surface area contributed by atoms with Crippen molar-refractivity contribution in [2.45, 2.75) is 19.4 Å². The summed E-state index contributed by atoms with van der Waals surface area (Å²) in [4.78, 5) is 2.33. The first-order valence-corrected chi connectivity index (χ1v) is 8.00. The molecule has 0 spiro atoms. The highest BCUT2D eigenvalue weighted by atomic mass is 32.2. The zero-order valence-corrected chi connectivity index (χ0v) is 11.5. The highest BCUT2D eigenvalue weighted by molar-refractivity contribution is 7.89. The summed E-state index contributed by atoms with van der Waals surface area (Å²) in [6.45, 7) is 4.26. The third kappa shape index (κ3) is 3.54. The Morgan fingerprint density at radius 2 is 1.94 bits per heavy atom. The minimum absolute atomic E-state index is 0.227. The van der Waals surface area contributed by atoms with Crippen LogP contribution in [0.15, 0.2) is 30.3 Å². The molecule has 100 valence electrons. The molecule has 1 aromatic rings. The summed E-state index contributed by atoms with van der Waals surface area (Å²) in [6.07, 6.45) is 0.687. The third-order valence-electron chi connectivity index (χ3n) is 3.41. The SMILES string of the molecule is CC(c1ccccc1)N1CCCS(=O)(=O)NCC1. The van der Waals surface area contributed by atoms with Crippen molar-refractivity contribution in [1.82, 2.24) is 9.62 Å². The van der Waals surface area contributed by atoms with Crippen molar-refractivity contribution in [1.29, 1.82) is 0 Å². The predicted molar refractivity (Wildman–Crippen MR) is 72.8 cm³/mol. The topological polar surface area (TPSA) is 49.4 Å². The van der Waals surface area contributed by atoms with Gasteiger partial charge >= 0.3 is 0 Å². The van der Waals surface area contributed by atoms with Gasteiger partial charge in [0.05, 0.1) is 5.75 Å². The Labute approximate surface area is 109 Å². The molecule has 1 heterocycles. The molecule has 1 unspecified atom stereocenters. The first kappa shape index (κ1) is 13.5. The molecule has 1 aromatic carbocycles. The van der Waals surface area contributed by atoms with Gasteiger partial charge in [0.1, 0.15) is 0 Å². The van der Waals surface area contributed by atoms with E-state index in [-0.39, 0.29) is 5.75 Å². The van der Waals surface area contributed by atoms with Gasteiger partial charge in [-0.1, -0.05) is 30.3 Å². The summed E-state index contributed by atoms with van der Waals surface area (Å²) in [6, 6.07) is 10.7. The number of rotatable bonds is 2. The number of nitrogens with one attached hydrogen (secondary N) is 1. The van der Waals surface area contributed by atoms with Crippen LogP contribution >= 0.6 is 0 Å². The highest BCUT2D eigenvalue weighted by Crippen LogP contribution is 2.20. The molecule has 1 aliphatic heterocycles. The average molecular weight is 268 g/mol. The number of sulfonamides is 1. The average Bonchev–Trinajstić information content (AvgIpc) is 2.34. The van der Waals surface area contributed by atoms with E-state index >= 15 is 0 Å². The summed E-state index contributed by atoms with van der Waals surface area (Å²) in [5, 5.41) is 0. The Hall–Kier alpha value is -0.910. The molecule has 0 aliphatic carbocycles. The summed E-state index contributed by atoms with van der Waals surface area (Å²) in [5.41, 5.74) is 1.28. The van der Waals surface area contributed by atoms with Crippen LogP contribution < -0.4 is 4.72 Å². The van der Waals surface area contributed by atoms with Gasteiger partial charge in [-0.15, -0.1) is 0 Å². The molecule has 1 N–H and O–H groups in total. The molecule has 1 aliphatic rings.